The lowest BCUT2D eigenvalue weighted by atomic mass is 9.97. The lowest BCUT2D eigenvalue weighted by molar-refractivity contribution is -0.458. The Morgan fingerprint density at radius 2 is 0.619 bits per heavy atom. The van der Waals surface area contributed by atoms with Crippen LogP contribution in [-0.4, -0.2) is 34.7 Å². The summed E-state index contributed by atoms with van der Waals surface area (Å²) in [6.45, 7) is 11.3. The van der Waals surface area contributed by atoms with Gasteiger partial charge in [0, 0.05) is 25.7 Å². The summed E-state index contributed by atoms with van der Waals surface area (Å²) < 4.78 is 11.9. The normalized spacial score (nSPS) is 22.3. The molecule has 246 valence electrons. The monoisotopic (exact) mass is 598 g/mol. The van der Waals surface area contributed by atoms with Crippen molar-refractivity contribution < 1.29 is 38.6 Å². The van der Waals surface area contributed by atoms with Crippen molar-refractivity contribution in [3.8, 4) is 0 Å². The highest BCUT2D eigenvalue weighted by Gasteiger charge is 2.44. The van der Waals surface area contributed by atoms with Gasteiger partial charge in [-0.3, -0.25) is 0 Å². The van der Waals surface area contributed by atoms with Gasteiger partial charge in [0.1, 0.15) is 0 Å². The van der Waals surface area contributed by atoms with E-state index in [0.717, 1.165) is 77.0 Å². The summed E-state index contributed by atoms with van der Waals surface area (Å²) in [4.78, 5) is 50.3. The number of carbonyl (C=O) groups is 2. The molecule has 0 spiro atoms. The lowest BCUT2D eigenvalue weighted by Crippen LogP contribution is -2.46. The van der Waals surface area contributed by atoms with Crippen molar-refractivity contribution in [3.63, 3.8) is 0 Å². The number of carbonyl (C=O) groups excluding carboxylic acids is 2. The Morgan fingerprint density at radius 1 is 0.405 bits per heavy atom. The summed E-state index contributed by atoms with van der Waals surface area (Å²) in [6, 6.07) is 0. The zero-order valence-corrected chi connectivity index (χ0v) is 27.8. The molecule has 2 fully saturated rings. The van der Waals surface area contributed by atoms with Crippen LogP contribution in [0.25, 0.3) is 0 Å². The second-order valence-corrected chi connectivity index (χ2v) is 14.5. The van der Waals surface area contributed by atoms with Gasteiger partial charge in [-0.15, -0.1) is 0 Å². The van der Waals surface area contributed by atoms with Gasteiger partial charge in [0.2, 0.25) is 11.6 Å². The fraction of sp³-hybridized carbons (Fsp3) is 0.941. The van der Waals surface area contributed by atoms with Crippen LogP contribution in [0.1, 0.15) is 183 Å². The third kappa shape index (κ3) is 16.0. The maximum absolute atomic E-state index is 13.5. The number of hydrogen-bond acceptors (Lipinski definition) is 8. The summed E-state index contributed by atoms with van der Waals surface area (Å²) >= 11 is 0. The van der Waals surface area contributed by atoms with E-state index >= 15 is 0 Å². The fourth-order valence-electron chi connectivity index (χ4n) is 5.53. The van der Waals surface area contributed by atoms with Gasteiger partial charge in [-0.1, -0.05) is 89.9 Å². The predicted octanol–water partition coefficient (Wildman–Crippen LogP) is 9.57. The van der Waals surface area contributed by atoms with Crippen molar-refractivity contribution in [1.82, 2.24) is 0 Å². The van der Waals surface area contributed by atoms with E-state index in [2.05, 4.69) is 0 Å². The van der Waals surface area contributed by atoms with Gasteiger partial charge in [0.15, 0.2) is 0 Å². The molecular formula is C34H62O8. The van der Waals surface area contributed by atoms with Crippen molar-refractivity contribution in [2.75, 3.05) is 0 Å². The molecule has 0 heterocycles. The van der Waals surface area contributed by atoms with Crippen molar-refractivity contribution in [2.45, 2.75) is 206 Å². The number of rotatable bonds is 6. The highest BCUT2D eigenvalue weighted by molar-refractivity contribution is 6.29. The van der Waals surface area contributed by atoms with Gasteiger partial charge < -0.3 is 9.47 Å². The summed E-state index contributed by atoms with van der Waals surface area (Å²) in [6.07, 6.45) is 20.9. The van der Waals surface area contributed by atoms with Gasteiger partial charge >= 0.3 is 11.9 Å². The molecule has 0 atom stereocenters. The van der Waals surface area contributed by atoms with Gasteiger partial charge in [-0.2, -0.15) is 9.78 Å². The van der Waals surface area contributed by atoms with Gasteiger partial charge in [0.05, 0.1) is 11.2 Å². The number of ether oxygens (including phenoxy) is 2. The first-order chi connectivity index (χ1) is 19.8. The summed E-state index contributed by atoms with van der Waals surface area (Å²) in [5.41, 5.74) is -1.22. The molecule has 8 heteroatoms. The molecule has 2 aliphatic carbocycles. The minimum absolute atomic E-state index is 0.455. The molecule has 0 bridgehead atoms. The Labute approximate surface area is 256 Å². The van der Waals surface area contributed by atoms with Crippen LogP contribution in [0.4, 0.5) is 0 Å². The second-order valence-electron chi connectivity index (χ2n) is 14.5. The Bertz CT molecular complexity index is 678. The average molecular weight is 599 g/mol. The minimum Gasteiger partial charge on any atom is -0.422 e. The van der Waals surface area contributed by atoms with Crippen LogP contribution in [0.15, 0.2) is 0 Å². The van der Waals surface area contributed by atoms with Gasteiger partial charge in [-0.25, -0.2) is 19.4 Å². The van der Waals surface area contributed by atoms with Crippen LogP contribution < -0.4 is 0 Å². The molecule has 0 N–H and O–H groups in total. The minimum atomic E-state index is -1.36. The topological polar surface area (TPSA) is 89.5 Å². The van der Waals surface area contributed by atoms with E-state index < -0.39 is 34.7 Å². The van der Waals surface area contributed by atoms with Crippen LogP contribution in [0.2, 0.25) is 0 Å². The molecule has 0 aromatic heterocycles. The van der Waals surface area contributed by atoms with E-state index in [0.29, 0.717) is 25.7 Å². The van der Waals surface area contributed by atoms with E-state index in [1.807, 2.05) is 41.5 Å². The summed E-state index contributed by atoms with van der Waals surface area (Å²) in [5.74, 6) is -4.87. The lowest BCUT2D eigenvalue weighted by Gasteiger charge is -2.36. The standard InChI is InChI=1S/C34H62O8/c1-31(2,3)39-41-33(25-21-17-13-9-7-10-14-18-22-26-33)37-29(35)30(36)38-34(42-40-32(4,5)6)27-23-19-15-11-8-12-16-20-24-28-34/h7-28H2,1-6H3. The smallest absolute Gasteiger partial charge is 0.420 e. The zero-order valence-electron chi connectivity index (χ0n) is 27.8. The first-order valence-electron chi connectivity index (χ1n) is 17.0. The maximum Gasteiger partial charge on any atom is 0.420 e. The molecular weight excluding hydrogens is 536 g/mol. The first kappa shape index (κ1) is 37.0. The van der Waals surface area contributed by atoms with Crippen LogP contribution in [0.5, 0.6) is 0 Å². The van der Waals surface area contributed by atoms with Crippen LogP contribution >= 0.6 is 0 Å². The molecule has 2 aliphatic rings. The highest BCUT2D eigenvalue weighted by Crippen LogP contribution is 2.34. The van der Waals surface area contributed by atoms with Crippen molar-refractivity contribution in [1.29, 1.82) is 0 Å². The van der Waals surface area contributed by atoms with Crippen LogP contribution in [0, 0.1) is 0 Å². The number of esters is 2. The van der Waals surface area contributed by atoms with Gasteiger partial charge in [-0.05, 0) is 67.2 Å². The molecule has 0 unspecified atom stereocenters. The van der Waals surface area contributed by atoms with Crippen molar-refractivity contribution >= 4 is 11.9 Å². The van der Waals surface area contributed by atoms with Crippen LogP contribution in [0.3, 0.4) is 0 Å². The molecule has 0 saturated heterocycles. The predicted molar refractivity (Wildman–Crippen MR) is 163 cm³/mol. The van der Waals surface area contributed by atoms with Crippen molar-refractivity contribution in [3.05, 3.63) is 0 Å². The summed E-state index contributed by atoms with van der Waals surface area (Å²) in [5, 5.41) is 0. The van der Waals surface area contributed by atoms with Crippen molar-refractivity contribution in [2.24, 2.45) is 0 Å². The molecule has 0 amide bonds. The van der Waals surface area contributed by atoms with Crippen LogP contribution in [-0.2, 0) is 38.6 Å². The molecule has 42 heavy (non-hydrogen) atoms. The molecule has 0 aromatic carbocycles. The van der Waals surface area contributed by atoms with E-state index in [1.54, 1.807) is 0 Å². The molecule has 2 saturated carbocycles. The van der Waals surface area contributed by atoms with E-state index in [9.17, 15) is 9.59 Å². The highest BCUT2D eigenvalue weighted by atomic mass is 17.2. The Hall–Kier alpha value is -1.22. The molecule has 0 aromatic rings. The second kappa shape index (κ2) is 18.6. The quantitative estimate of drug-likeness (QED) is 0.0981. The molecule has 0 aliphatic heterocycles. The maximum atomic E-state index is 13.5. The Kier molecular flexibility index (Phi) is 16.3. The van der Waals surface area contributed by atoms with Gasteiger partial charge in [0.25, 0.3) is 0 Å². The fourth-order valence-corrected chi connectivity index (χ4v) is 5.53. The Morgan fingerprint density at radius 3 is 0.833 bits per heavy atom. The molecule has 0 radical (unpaired) electrons. The van der Waals surface area contributed by atoms with E-state index in [-0.39, 0.29) is 0 Å². The van der Waals surface area contributed by atoms with E-state index in [1.165, 1.54) is 38.5 Å². The largest absolute Gasteiger partial charge is 0.422 e. The van der Waals surface area contributed by atoms with E-state index in [4.69, 9.17) is 29.0 Å². The number of hydrogen-bond donors (Lipinski definition) is 0. The zero-order chi connectivity index (χ0) is 31.0. The Balaban J connectivity index is 2.24. The molecule has 2 rings (SSSR count). The third-order valence-electron chi connectivity index (χ3n) is 7.84. The SMILES string of the molecule is CC(C)(C)OOC1(OC(=O)C(=O)OC2(OOC(C)(C)C)CCCCCCCCCCC2)CCCCCCCCCCC1. The summed E-state index contributed by atoms with van der Waals surface area (Å²) in [7, 11) is 0. The average Bonchev–Trinajstić information content (AvgIpc) is 2.89. The first-order valence-corrected chi connectivity index (χ1v) is 17.0. The molecule has 8 nitrogen and oxygen atoms in total. The third-order valence-corrected chi connectivity index (χ3v) is 7.84.